The number of benzene rings is 3. The number of para-hydroxylation sites is 1. The molecule has 0 fully saturated rings. The number of anilines is 1. The van der Waals surface area contributed by atoms with Crippen LogP contribution in [0.1, 0.15) is 17.3 Å². The average molecular weight is 520 g/mol. The first-order valence-electron chi connectivity index (χ1n) is 9.94. The lowest BCUT2D eigenvalue weighted by Gasteiger charge is -2.22. The molecule has 1 aromatic heterocycles. The van der Waals surface area contributed by atoms with Crippen molar-refractivity contribution < 1.29 is 13.2 Å². The molecule has 4 rings (SSSR count). The molecular formula is C23H19Cl2N3O3S2. The van der Waals surface area contributed by atoms with Crippen LogP contribution in [0.4, 0.5) is 5.69 Å². The number of nitrogens with zero attached hydrogens (tertiary/aromatic N) is 3. The maximum absolute atomic E-state index is 13.1. The fourth-order valence-corrected chi connectivity index (χ4v) is 6.41. The number of aryl methyl sites for hydroxylation is 1. The smallest absolute Gasteiger partial charge is 0.279 e. The maximum Gasteiger partial charge on any atom is 0.279 e. The predicted octanol–water partition coefficient (Wildman–Crippen LogP) is 5.50. The van der Waals surface area contributed by atoms with Gasteiger partial charge in [-0.25, -0.2) is 8.42 Å². The molecule has 0 aliphatic rings. The number of thiazole rings is 1. The van der Waals surface area contributed by atoms with E-state index in [0.29, 0.717) is 26.1 Å². The summed E-state index contributed by atoms with van der Waals surface area (Å²) in [5.74, 6) is -0.487. The van der Waals surface area contributed by atoms with Crippen LogP contribution in [0, 0.1) is 0 Å². The van der Waals surface area contributed by atoms with Gasteiger partial charge in [-0.3, -0.25) is 9.10 Å². The molecular weight excluding hydrogens is 501 g/mol. The highest BCUT2D eigenvalue weighted by Crippen LogP contribution is 2.31. The van der Waals surface area contributed by atoms with E-state index in [4.69, 9.17) is 23.2 Å². The third kappa shape index (κ3) is 4.44. The lowest BCUT2D eigenvalue weighted by molar-refractivity contribution is 0.0998. The molecule has 1 heterocycles. The van der Waals surface area contributed by atoms with Crippen molar-refractivity contribution >= 4 is 66.4 Å². The number of amides is 1. The first-order valence-corrected chi connectivity index (χ1v) is 13.0. The van der Waals surface area contributed by atoms with Gasteiger partial charge in [-0.15, -0.1) is 0 Å². The summed E-state index contributed by atoms with van der Waals surface area (Å²) in [6.45, 7) is 2.04. The van der Waals surface area contributed by atoms with E-state index >= 15 is 0 Å². The standard InChI is InChI=1S/C23H19Cl2N3O3S2/c1-3-28(16-7-5-4-6-8-16)33(30,31)17-11-9-15(10-12-17)22(29)26-23-27(2)21-19(32-23)14-13-18(24)20(21)25/h4-14H,3H2,1-2H3. The van der Waals surface area contributed by atoms with E-state index in [0.717, 1.165) is 4.70 Å². The van der Waals surface area contributed by atoms with E-state index in [1.807, 2.05) is 12.1 Å². The topological polar surface area (TPSA) is 71.7 Å². The van der Waals surface area contributed by atoms with Crippen LogP contribution in [0.5, 0.6) is 0 Å². The van der Waals surface area contributed by atoms with Crippen molar-refractivity contribution in [2.75, 3.05) is 10.8 Å². The average Bonchev–Trinajstić information content (AvgIpc) is 3.13. The molecule has 0 atom stereocenters. The van der Waals surface area contributed by atoms with Crippen LogP contribution in [0.3, 0.4) is 0 Å². The van der Waals surface area contributed by atoms with Gasteiger partial charge in [-0.1, -0.05) is 52.7 Å². The van der Waals surface area contributed by atoms with E-state index in [9.17, 15) is 13.2 Å². The van der Waals surface area contributed by atoms with Crippen molar-refractivity contribution in [3.8, 4) is 0 Å². The number of sulfonamides is 1. The summed E-state index contributed by atoms with van der Waals surface area (Å²) in [7, 11) is -2.02. The van der Waals surface area contributed by atoms with Crippen LogP contribution in [0.25, 0.3) is 10.2 Å². The molecule has 33 heavy (non-hydrogen) atoms. The first kappa shape index (κ1) is 23.5. The molecule has 6 nitrogen and oxygen atoms in total. The summed E-state index contributed by atoms with van der Waals surface area (Å²) in [6.07, 6.45) is 0. The Morgan fingerprint density at radius 3 is 2.33 bits per heavy atom. The van der Waals surface area contributed by atoms with Crippen LogP contribution >= 0.6 is 34.5 Å². The maximum atomic E-state index is 13.1. The largest absolute Gasteiger partial charge is 0.318 e. The second-order valence-corrected chi connectivity index (χ2v) is 10.8. The fourth-order valence-electron chi connectivity index (χ4n) is 3.41. The van der Waals surface area contributed by atoms with Crippen molar-refractivity contribution in [2.45, 2.75) is 11.8 Å². The zero-order valence-corrected chi connectivity index (χ0v) is 20.8. The highest BCUT2D eigenvalue weighted by atomic mass is 35.5. The second-order valence-electron chi connectivity index (χ2n) is 7.10. The van der Waals surface area contributed by atoms with Gasteiger partial charge in [0.15, 0.2) is 4.80 Å². The molecule has 3 aromatic carbocycles. The normalized spacial score (nSPS) is 12.3. The van der Waals surface area contributed by atoms with E-state index < -0.39 is 15.9 Å². The number of carbonyl (C=O) groups excluding carboxylic acids is 1. The number of hydrogen-bond donors (Lipinski definition) is 0. The number of fused-ring (bicyclic) bond motifs is 1. The van der Waals surface area contributed by atoms with Crippen LogP contribution in [0.2, 0.25) is 10.0 Å². The molecule has 0 saturated heterocycles. The fraction of sp³-hybridized carbons (Fsp3) is 0.130. The van der Waals surface area contributed by atoms with Crippen LogP contribution < -0.4 is 9.11 Å². The Morgan fingerprint density at radius 1 is 1.03 bits per heavy atom. The molecule has 1 amide bonds. The third-order valence-corrected chi connectivity index (χ3v) is 8.88. The predicted molar refractivity (Wildman–Crippen MR) is 134 cm³/mol. The van der Waals surface area contributed by atoms with Crippen LogP contribution in [0.15, 0.2) is 76.6 Å². The zero-order chi connectivity index (χ0) is 23.8. The van der Waals surface area contributed by atoms with Crippen molar-refractivity contribution in [1.29, 1.82) is 0 Å². The summed E-state index contributed by atoms with van der Waals surface area (Å²) in [5.41, 5.74) is 1.55. The summed E-state index contributed by atoms with van der Waals surface area (Å²) in [6, 6.07) is 18.2. The van der Waals surface area contributed by atoms with Crippen LogP contribution in [-0.4, -0.2) is 25.4 Å². The zero-order valence-electron chi connectivity index (χ0n) is 17.7. The van der Waals surface area contributed by atoms with Gasteiger partial charge < -0.3 is 4.57 Å². The molecule has 10 heteroatoms. The first-order chi connectivity index (χ1) is 15.7. The van der Waals surface area contributed by atoms with Crippen molar-refractivity contribution in [3.05, 3.63) is 87.1 Å². The summed E-state index contributed by atoms with van der Waals surface area (Å²) < 4.78 is 30.1. The van der Waals surface area contributed by atoms with Gasteiger partial charge in [-0.2, -0.15) is 4.99 Å². The monoisotopic (exact) mass is 519 g/mol. The van der Waals surface area contributed by atoms with Gasteiger partial charge in [-0.05, 0) is 55.5 Å². The number of rotatable bonds is 5. The quantitative estimate of drug-likeness (QED) is 0.349. The summed E-state index contributed by atoms with van der Waals surface area (Å²) in [4.78, 5) is 17.5. The van der Waals surface area contributed by atoms with Gasteiger partial charge >= 0.3 is 0 Å². The van der Waals surface area contributed by atoms with Gasteiger partial charge in [0.25, 0.3) is 15.9 Å². The Balaban J connectivity index is 1.66. The molecule has 0 N–H and O–H groups in total. The number of halogens is 2. The number of hydrogen-bond acceptors (Lipinski definition) is 4. The van der Waals surface area contributed by atoms with E-state index in [-0.39, 0.29) is 17.0 Å². The number of aromatic nitrogens is 1. The molecule has 0 radical (unpaired) electrons. The Labute approximate surface area is 205 Å². The minimum Gasteiger partial charge on any atom is -0.318 e. The lowest BCUT2D eigenvalue weighted by atomic mass is 10.2. The highest BCUT2D eigenvalue weighted by molar-refractivity contribution is 7.92. The molecule has 0 aliphatic heterocycles. The molecule has 0 bridgehead atoms. The molecule has 0 unspecified atom stereocenters. The van der Waals surface area contributed by atoms with Gasteiger partial charge in [0.1, 0.15) is 0 Å². The second kappa shape index (κ2) is 9.30. The Kier molecular flexibility index (Phi) is 6.63. The van der Waals surface area contributed by atoms with E-state index in [1.54, 1.807) is 48.9 Å². The van der Waals surface area contributed by atoms with E-state index in [2.05, 4.69) is 4.99 Å². The molecule has 0 aliphatic carbocycles. The summed E-state index contributed by atoms with van der Waals surface area (Å²) in [5, 5.41) is 0.819. The van der Waals surface area contributed by atoms with Crippen molar-refractivity contribution in [2.24, 2.45) is 12.0 Å². The van der Waals surface area contributed by atoms with Crippen LogP contribution in [-0.2, 0) is 17.1 Å². The van der Waals surface area contributed by atoms with Crippen molar-refractivity contribution in [3.63, 3.8) is 0 Å². The molecule has 0 spiro atoms. The molecule has 0 saturated carbocycles. The minimum absolute atomic E-state index is 0.0959. The Hall–Kier alpha value is -2.65. The number of carbonyl (C=O) groups is 1. The van der Waals surface area contributed by atoms with Gasteiger partial charge in [0, 0.05) is 19.2 Å². The molecule has 170 valence electrons. The van der Waals surface area contributed by atoms with Gasteiger partial charge in [0.2, 0.25) is 0 Å². The SMILES string of the molecule is CCN(c1ccccc1)S(=O)(=O)c1ccc(C(=O)N=c2sc3ccc(Cl)c(Cl)c3n2C)cc1. The summed E-state index contributed by atoms with van der Waals surface area (Å²) >= 11 is 13.7. The van der Waals surface area contributed by atoms with E-state index in [1.165, 1.54) is 39.9 Å². The lowest BCUT2D eigenvalue weighted by Crippen LogP contribution is -2.30. The minimum atomic E-state index is -3.78. The Morgan fingerprint density at radius 2 is 1.70 bits per heavy atom. The highest BCUT2D eigenvalue weighted by Gasteiger charge is 2.23. The Bertz CT molecular complexity index is 1510. The van der Waals surface area contributed by atoms with Gasteiger partial charge in [0.05, 0.1) is 30.8 Å². The third-order valence-electron chi connectivity index (χ3n) is 5.07. The molecule has 4 aromatic rings. The van der Waals surface area contributed by atoms with Crippen molar-refractivity contribution in [1.82, 2.24) is 4.57 Å².